The maximum absolute atomic E-state index is 6.10. The topological polar surface area (TPSA) is 55.6 Å². The maximum Gasteiger partial charge on any atom is 0.168 e. The molecule has 0 amide bonds. The van der Waals surface area contributed by atoms with Gasteiger partial charge in [-0.15, -0.1) is 0 Å². The van der Waals surface area contributed by atoms with E-state index in [0.29, 0.717) is 5.02 Å². The molecule has 0 aliphatic heterocycles. The predicted molar refractivity (Wildman–Crippen MR) is 101 cm³/mol. The molecule has 2 aromatic heterocycles. The molecule has 0 fully saturated rings. The van der Waals surface area contributed by atoms with Gasteiger partial charge in [-0.05, 0) is 49.2 Å². The Morgan fingerprint density at radius 3 is 2.76 bits per heavy atom. The molecule has 0 bridgehead atoms. The van der Waals surface area contributed by atoms with E-state index in [9.17, 15) is 0 Å². The van der Waals surface area contributed by atoms with E-state index in [1.54, 1.807) is 17.2 Å². The van der Waals surface area contributed by atoms with Crippen molar-refractivity contribution in [1.82, 2.24) is 19.7 Å². The molecular formula is C19H16ClN5. The Labute approximate surface area is 150 Å². The zero-order valence-electron chi connectivity index (χ0n) is 13.9. The summed E-state index contributed by atoms with van der Waals surface area (Å²) in [7, 11) is 0. The second kappa shape index (κ2) is 6.18. The first-order valence-corrected chi connectivity index (χ1v) is 8.28. The molecule has 4 rings (SSSR count). The molecule has 0 aliphatic carbocycles. The van der Waals surface area contributed by atoms with Crippen molar-refractivity contribution in [1.29, 1.82) is 0 Å². The van der Waals surface area contributed by atoms with Crippen LogP contribution in [0.5, 0.6) is 0 Å². The molecule has 1 N–H and O–H groups in total. The summed E-state index contributed by atoms with van der Waals surface area (Å²) in [5.74, 6) is 0.729. The number of nitrogens with one attached hydrogen (secondary N) is 1. The first-order chi connectivity index (χ1) is 12.1. The summed E-state index contributed by atoms with van der Waals surface area (Å²) >= 11 is 6.10. The van der Waals surface area contributed by atoms with E-state index < -0.39 is 0 Å². The lowest BCUT2D eigenvalue weighted by Gasteiger charge is -2.10. The maximum atomic E-state index is 6.10. The molecule has 0 saturated heterocycles. The van der Waals surface area contributed by atoms with Crippen LogP contribution in [0.3, 0.4) is 0 Å². The standard InChI is InChI=1S/C19H16ClN5/c1-12-6-7-13(2)17(8-12)24-18-16-10-23-25(19(16)22-11-21-18)15-5-3-4-14(20)9-15/h3-11H,1-2H3,(H,21,22,24). The van der Waals surface area contributed by atoms with Gasteiger partial charge in [0.05, 0.1) is 17.3 Å². The lowest BCUT2D eigenvalue weighted by Crippen LogP contribution is -2.00. The van der Waals surface area contributed by atoms with Crippen molar-refractivity contribution in [3.05, 3.63) is 71.1 Å². The Kier molecular flexibility index (Phi) is 3.86. The van der Waals surface area contributed by atoms with Gasteiger partial charge in [-0.3, -0.25) is 0 Å². The third kappa shape index (κ3) is 2.94. The normalized spacial score (nSPS) is 11.0. The summed E-state index contributed by atoms with van der Waals surface area (Å²) in [5, 5.41) is 9.37. The number of halogens is 1. The average Bonchev–Trinajstić information content (AvgIpc) is 3.03. The number of rotatable bonds is 3. The summed E-state index contributed by atoms with van der Waals surface area (Å²) in [5.41, 5.74) is 4.95. The molecule has 0 saturated carbocycles. The Morgan fingerprint density at radius 1 is 1.04 bits per heavy atom. The molecule has 5 nitrogen and oxygen atoms in total. The minimum atomic E-state index is 0.656. The number of fused-ring (bicyclic) bond motifs is 1. The number of benzene rings is 2. The van der Waals surface area contributed by atoms with Crippen molar-refractivity contribution < 1.29 is 0 Å². The molecule has 0 radical (unpaired) electrons. The van der Waals surface area contributed by atoms with Crippen LogP contribution >= 0.6 is 11.6 Å². The highest BCUT2D eigenvalue weighted by Crippen LogP contribution is 2.27. The molecule has 25 heavy (non-hydrogen) atoms. The summed E-state index contributed by atoms with van der Waals surface area (Å²) < 4.78 is 1.76. The van der Waals surface area contributed by atoms with Crippen LogP contribution in [-0.4, -0.2) is 19.7 Å². The van der Waals surface area contributed by atoms with Crippen LogP contribution in [-0.2, 0) is 0 Å². The van der Waals surface area contributed by atoms with Gasteiger partial charge in [-0.1, -0.05) is 29.8 Å². The van der Waals surface area contributed by atoms with Crippen molar-refractivity contribution in [3.63, 3.8) is 0 Å². The highest BCUT2D eigenvalue weighted by atomic mass is 35.5. The van der Waals surface area contributed by atoms with Crippen LogP contribution in [0.1, 0.15) is 11.1 Å². The molecule has 4 aromatic rings. The van der Waals surface area contributed by atoms with Crippen LogP contribution in [0.25, 0.3) is 16.7 Å². The van der Waals surface area contributed by atoms with Gasteiger partial charge < -0.3 is 5.32 Å². The van der Waals surface area contributed by atoms with Crippen LogP contribution in [0.15, 0.2) is 55.0 Å². The van der Waals surface area contributed by atoms with E-state index in [1.165, 1.54) is 5.56 Å². The van der Waals surface area contributed by atoms with E-state index >= 15 is 0 Å². The highest BCUT2D eigenvalue weighted by Gasteiger charge is 2.12. The van der Waals surface area contributed by atoms with Crippen molar-refractivity contribution >= 4 is 34.1 Å². The zero-order chi connectivity index (χ0) is 17.4. The zero-order valence-corrected chi connectivity index (χ0v) is 14.6. The van der Waals surface area contributed by atoms with Crippen molar-refractivity contribution in [2.45, 2.75) is 13.8 Å². The Morgan fingerprint density at radius 2 is 1.92 bits per heavy atom. The Hall–Kier alpha value is -2.92. The van der Waals surface area contributed by atoms with Crippen LogP contribution < -0.4 is 5.32 Å². The largest absolute Gasteiger partial charge is 0.339 e. The molecular weight excluding hydrogens is 334 g/mol. The number of aryl methyl sites for hydroxylation is 2. The second-order valence-electron chi connectivity index (χ2n) is 5.94. The minimum absolute atomic E-state index is 0.656. The fourth-order valence-electron chi connectivity index (χ4n) is 2.74. The number of aromatic nitrogens is 4. The smallest absolute Gasteiger partial charge is 0.168 e. The molecule has 0 unspecified atom stereocenters. The van der Waals surface area contributed by atoms with E-state index in [1.807, 2.05) is 24.3 Å². The lowest BCUT2D eigenvalue weighted by molar-refractivity contribution is 0.895. The third-order valence-electron chi connectivity index (χ3n) is 4.06. The van der Waals surface area contributed by atoms with Gasteiger partial charge in [0.2, 0.25) is 0 Å². The average molecular weight is 350 g/mol. The first kappa shape index (κ1) is 15.6. The number of hydrogen-bond acceptors (Lipinski definition) is 4. The first-order valence-electron chi connectivity index (χ1n) is 7.91. The van der Waals surface area contributed by atoms with Crippen molar-refractivity contribution in [2.24, 2.45) is 0 Å². The molecule has 2 aromatic carbocycles. The SMILES string of the molecule is Cc1ccc(C)c(Nc2ncnc3c2cnn3-c2cccc(Cl)c2)c1. The molecule has 0 atom stereocenters. The van der Waals surface area contributed by atoms with Gasteiger partial charge in [-0.2, -0.15) is 5.10 Å². The van der Waals surface area contributed by atoms with Crippen molar-refractivity contribution in [3.8, 4) is 5.69 Å². The third-order valence-corrected chi connectivity index (χ3v) is 4.30. The van der Waals surface area contributed by atoms with Crippen molar-refractivity contribution in [2.75, 3.05) is 5.32 Å². The lowest BCUT2D eigenvalue weighted by atomic mass is 10.1. The number of nitrogens with zero attached hydrogens (tertiary/aromatic N) is 4. The van der Waals surface area contributed by atoms with Gasteiger partial charge in [0, 0.05) is 10.7 Å². The van der Waals surface area contributed by atoms with Crippen LogP contribution in [0, 0.1) is 13.8 Å². The molecule has 0 aliphatic rings. The van der Waals surface area contributed by atoms with Crippen LogP contribution in [0.2, 0.25) is 5.02 Å². The van der Waals surface area contributed by atoms with Gasteiger partial charge in [0.25, 0.3) is 0 Å². The van der Waals surface area contributed by atoms with Gasteiger partial charge in [0.15, 0.2) is 5.65 Å². The van der Waals surface area contributed by atoms with Crippen LogP contribution in [0.4, 0.5) is 11.5 Å². The predicted octanol–water partition coefficient (Wildman–Crippen LogP) is 4.83. The van der Waals surface area contributed by atoms with Gasteiger partial charge in [-0.25, -0.2) is 14.6 Å². The molecule has 6 heteroatoms. The van der Waals surface area contributed by atoms with Gasteiger partial charge >= 0.3 is 0 Å². The fourth-order valence-corrected chi connectivity index (χ4v) is 2.92. The van der Waals surface area contributed by atoms with E-state index in [-0.39, 0.29) is 0 Å². The van der Waals surface area contributed by atoms with E-state index in [0.717, 1.165) is 33.8 Å². The summed E-state index contributed by atoms with van der Waals surface area (Å²) in [6, 6.07) is 13.8. The quantitative estimate of drug-likeness (QED) is 0.575. The highest BCUT2D eigenvalue weighted by molar-refractivity contribution is 6.30. The molecule has 124 valence electrons. The van der Waals surface area contributed by atoms with E-state index in [4.69, 9.17) is 11.6 Å². The van der Waals surface area contributed by atoms with Gasteiger partial charge in [0.1, 0.15) is 12.1 Å². The van der Waals surface area contributed by atoms with E-state index in [2.05, 4.69) is 52.4 Å². The Bertz CT molecular complexity index is 1070. The number of hydrogen-bond donors (Lipinski definition) is 1. The summed E-state index contributed by atoms with van der Waals surface area (Å²) in [6.07, 6.45) is 3.31. The summed E-state index contributed by atoms with van der Waals surface area (Å²) in [4.78, 5) is 8.79. The molecule has 2 heterocycles. The minimum Gasteiger partial charge on any atom is -0.339 e. The number of anilines is 2. The second-order valence-corrected chi connectivity index (χ2v) is 6.38. The fraction of sp³-hybridized carbons (Fsp3) is 0.105. The Balaban J connectivity index is 1.80. The monoisotopic (exact) mass is 349 g/mol. The summed E-state index contributed by atoms with van der Waals surface area (Å²) in [6.45, 7) is 4.13. The molecule has 0 spiro atoms.